The van der Waals surface area contributed by atoms with Gasteiger partial charge in [-0.2, -0.15) is 4.98 Å². The van der Waals surface area contributed by atoms with Crippen molar-refractivity contribution in [2.75, 3.05) is 11.9 Å². The molecule has 0 bridgehead atoms. The van der Waals surface area contributed by atoms with E-state index in [-0.39, 0.29) is 16.7 Å². The normalized spacial score (nSPS) is 13.1. The summed E-state index contributed by atoms with van der Waals surface area (Å²) in [6, 6.07) is 3.98. The van der Waals surface area contributed by atoms with Gasteiger partial charge in [-0.25, -0.2) is 0 Å². The first kappa shape index (κ1) is 18.5. The van der Waals surface area contributed by atoms with Crippen LogP contribution in [0.1, 0.15) is 19.4 Å². The summed E-state index contributed by atoms with van der Waals surface area (Å²) in [4.78, 5) is 6.65. The average Bonchev–Trinajstić information content (AvgIpc) is 2.98. The van der Waals surface area contributed by atoms with E-state index in [1.54, 1.807) is 0 Å². The minimum atomic E-state index is -4.77. The maximum absolute atomic E-state index is 12.4. The maximum atomic E-state index is 12.4. The molecule has 5 nitrogen and oxygen atoms in total. The first-order chi connectivity index (χ1) is 11.2. The lowest BCUT2D eigenvalue weighted by Gasteiger charge is -2.16. The summed E-state index contributed by atoms with van der Waals surface area (Å²) in [7, 11) is 0. The molecule has 1 heterocycles. The molecule has 0 saturated heterocycles. The van der Waals surface area contributed by atoms with Gasteiger partial charge in [0.1, 0.15) is 11.5 Å². The third-order valence-electron chi connectivity index (χ3n) is 2.99. The van der Waals surface area contributed by atoms with Crippen molar-refractivity contribution in [3.05, 3.63) is 36.2 Å². The molecule has 0 aliphatic rings. The number of imidazole rings is 1. The van der Waals surface area contributed by atoms with Gasteiger partial charge in [0.15, 0.2) is 0 Å². The Morgan fingerprint density at radius 3 is 2.71 bits per heavy atom. The first-order valence-corrected chi connectivity index (χ1v) is 8.57. The highest BCUT2D eigenvalue weighted by Crippen LogP contribution is 2.29. The number of ether oxygens (including phenoxy) is 1. The lowest BCUT2D eigenvalue weighted by molar-refractivity contribution is -0.274. The highest BCUT2D eigenvalue weighted by atomic mass is 32.2. The van der Waals surface area contributed by atoms with Gasteiger partial charge in [-0.1, -0.05) is 13.8 Å². The van der Waals surface area contributed by atoms with Crippen LogP contribution in [-0.2, 0) is 16.9 Å². The summed E-state index contributed by atoms with van der Waals surface area (Å²) >= 11 is -1.50. The zero-order valence-electron chi connectivity index (χ0n) is 13.2. The highest BCUT2D eigenvalue weighted by molar-refractivity contribution is 7.90. The molecule has 0 saturated carbocycles. The Hall–Kier alpha value is -1.87. The van der Waals surface area contributed by atoms with Crippen LogP contribution in [0.5, 0.6) is 5.75 Å². The van der Waals surface area contributed by atoms with E-state index in [9.17, 15) is 17.7 Å². The van der Waals surface area contributed by atoms with Gasteiger partial charge < -0.3 is 19.6 Å². The van der Waals surface area contributed by atoms with Gasteiger partial charge in [-0.15, -0.1) is 13.2 Å². The molecule has 2 aromatic rings. The number of hydrogen-bond acceptors (Lipinski definition) is 4. The number of nitrogens with zero attached hydrogens (tertiary/aromatic N) is 1. The second-order valence-electron chi connectivity index (χ2n) is 5.53. The van der Waals surface area contributed by atoms with Gasteiger partial charge in [-0.05, 0) is 24.1 Å². The summed E-state index contributed by atoms with van der Waals surface area (Å²) in [6.45, 7) is 4.66. The molecule has 0 aliphatic carbocycles. The van der Waals surface area contributed by atoms with Crippen molar-refractivity contribution >= 4 is 16.9 Å². The molecule has 2 rings (SSSR count). The van der Waals surface area contributed by atoms with Crippen LogP contribution < -0.4 is 10.1 Å². The number of benzene rings is 1. The summed E-state index contributed by atoms with van der Waals surface area (Å²) < 4.78 is 53.4. The van der Waals surface area contributed by atoms with Crippen LogP contribution in [-0.4, -0.2) is 27.4 Å². The van der Waals surface area contributed by atoms with Crippen molar-refractivity contribution < 1.29 is 22.5 Å². The molecular weight excluding hydrogens is 343 g/mol. The third kappa shape index (κ3) is 5.64. The number of halogens is 3. The molecule has 24 heavy (non-hydrogen) atoms. The van der Waals surface area contributed by atoms with E-state index in [2.05, 4.69) is 20.0 Å². The molecule has 0 fully saturated rings. The fraction of sp³-hybridized carbons (Fsp3) is 0.400. The Balaban J connectivity index is 2.23. The number of alkyl halides is 3. The average molecular weight is 361 g/mol. The van der Waals surface area contributed by atoms with Gasteiger partial charge in [-0.3, -0.25) is 0 Å². The molecule has 1 aromatic heterocycles. The fourth-order valence-corrected chi connectivity index (χ4v) is 2.99. The minimum Gasteiger partial charge on any atom is -0.609 e. The van der Waals surface area contributed by atoms with Crippen molar-refractivity contribution in [1.82, 2.24) is 9.97 Å². The van der Waals surface area contributed by atoms with Crippen LogP contribution in [0.4, 0.5) is 18.9 Å². The van der Waals surface area contributed by atoms with E-state index in [1.165, 1.54) is 30.6 Å². The third-order valence-corrected chi connectivity index (χ3v) is 4.21. The lowest BCUT2D eigenvalue weighted by atomic mass is 10.1. The zero-order chi connectivity index (χ0) is 17.7. The van der Waals surface area contributed by atoms with E-state index in [0.29, 0.717) is 23.7 Å². The monoisotopic (exact) mass is 361 g/mol. The predicted octanol–water partition coefficient (Wildman–Crippen LogP) is 3.68. The molecule has 0 aliphatic heterocycles. The Morgan fingerprint density at radius 1 is 1.38 bits per heavy atom. The highest BCUT2D eigenvalue weighted by Gasteiger charge is 2.31. The number of anilines is 1. The molecule has 1 atom stereocenters. The molecule has 132 valence electrons. The predicted molar refractivity (Wildman–Crippen MR) is 85.2 cm³/mol. The van der Waals surface area contributed by atoms with Gasteiger partial charge in [0, 0.05) is 41.4 Å². The number of rotatable bonds is 7. The van der Waals surface area contributed by atoms with Crippen LogP contribution >= 0.6 is 0 Å². The molecule has 0 amide bonds. The van der Waals surface area contributed by atoms with Gasteiger partial charge in [0.2, 0.25) is 0 Å². The van der Waals surface area contributed by atoms with Crippen molar-refractivity contribution in [3.8, 4) is 5.75 Å². The van der Waals surface area contributed by atoms with E-state index in [1.807, 2.05) is 13.8 Å². The minimum absolute atomic E-state index is 0.0169. The second kappa shape index (κ2) is 7.80. The van der Waals surface area contributed by atoms with E-state index >= 15 is 0 Å². The Labute approximate surface area is 140 Å². The van der Waals surface area contributed by atoms with Crippen molar-refractivity contribution in [1.29, 1.82) is 0 Å². The van der Waals surface area contributed by atoms with Gasteiger partial charge in [0.05, 0.1) is 0 Å². The van der Waals surface area contributed by atoms with E-state index in [4.69, 9.17) is 0 Å². The van der Waals surface area contributed by atoms with Crippen LogP contribution in [0.2, 0.25) is 0 Å². The summed E-state index contributed by atoms with van der Waals surface area (Å²) in [5.74, 6) is 0.0202. The molecular formula is C15H18F3N3O2S. The van der Waals surface area contributed by atoms with E-state index < -0.39 is 17.5 Å². The Bertz CT molecular complexity index is 648. The molecule has 2 N–H and O–H groups in total. The molecule has 0 spiro atoms. The Morgan fingerprint density at radius 2 is 2.12 bits per heavy atom. The molecule has 1 aromatic carbocycles. The van der Waals surface area contributed by atoms with Crippen LogP contribution in [0, 0.1) is 5.92 Å². The largest absolute Gasteiger partial charge is 0.609 e. The number of aromatic amines is 1. The van der Waals surface area contributed by atoms with Crippen LogP contribution in [0.15, 0.2) is 35.7 Å². The van der Waals surface area contributed by atoms with Crippen LogP contribution in [0.25, 0.3) is 0 Å². The molecule has 9 heteroatoms. The number of aromatic nitrogens is 2. The van der Waals surface area contributed by atoms with Gasteiger partial charge >= 0.3 is 11.5 Å². The topological polar surface area (TPSA) is 73.0 Å². The van der Waals surface area contributed by atoms with Crippen molar-refractivity contribution in [2.24, 2.45) is 5.92 Å². The summed E-state index contributed by atoms with van der Waals surface area (Å²) in [6.07, 6.45) is -1.77. The summed E-state index contributed by atoms with van der Waals surface area (Å²) in [5, 5.41) is 3.42. The number of hydrogen-bond donors (Lipinski definition) is 2. The first-order valence-electron chi connectivity index (χ1n) is 7.25. The smallest absolute Gasteiger partial charge is 0.573 e. The standard InChI is InChI=1S/C15H18F3N3O2S/c1-10(2)8-21-13-4-3-12(23-15(16,17)18)7-11(13)9-24(22)14-19-5-6-20-14/h3-7,10,21H,8-9H2,1-2H3,(H,19,20). The Kier molecular flexibility index (Phi) is 6.00. The fourth-order valence-electron chi connectivity index (χ4n) is 1.96. The van der Waals surface area contributed by atoms with E-state index in [0.717, 1.165) is 0 Å². The SMILES string of the molecule is CC(C)CNc1ccc(OC(F)(F)F)cc1C[S+]([O-])c1ncc[nH]1. The molecule has 1 unspecified atom stereocenters. The molecule has 0 radical (unpaired) electrons. The van der Waals surface area contributed by atoms with Crippen molar-refractivity contribution in [2.45, 2.75) is 31.1 Å². The zero-order valence-corrected chi connectivity index (χ0v) is 14.0. The second-order valence-corrected chi connectivity index (χ2v) is 6.89. The number of nitrogens with one attached hydrogen (secondary N) is 2. The van der Waals surface area contributed by atoms with Crippen molar-refractivity contribution in [3.63, 3.8) is 0 Å². The van der Waals surface area contributed by atoms with Crippen LogP contribution in [0.3, 0.4) is 0 Å². The lowest BCUT2D eigenvalue weighted by Crippen LogP contribution is -2.18. The quantitative estimate of drug-likeness (QED) is 0.738. The maximum Gasteiger partial charge on any atom is 0.573 e. The van der Waals surface area contributed by atoms with Gasteiger partial charge in [0.25, 0.3) is 0 Å². The summed E-state index contributed by atoms with van der Waals surface area (Å²) in [5.41, 5.74) is 1.09. The number of H-pyrrole nitrogens is 1.